The molecule has 0 amide bonds. The van der Waals surface area contributed by atoms with E-state index in [0.29, 0.717) is 6.04 Å². The minimum absolute atomic E-state index is 0.503. The van der Waals surface area contributed by atoms with Crippen molar-refractivity contribution in [2.45, 2.75) is 6.04 Å². The van der Waals surface area contributed by atoms with Gasteiger partial charge in [0.25, 0.3) is 0 Å². The van der Waals surface area contributed by atoms with E-state index in [1.165, 1.54) is 5.56 Å². The van der Waals surface area contributed by atoms with Gasteiger partial charge in [-0.25, -0.2) is 0 Å². The molecule has 2 rings (SSSR count). The van der Waals surface area contributed by atoms with Gasteiger partial charge in [-0.3, -0.25) is 4.90 Å². The van der Waals surface area contributed by atoms with E-state index in [1.807, 2.05) is 0 Å². The van der Waals surface area contributed by atoms with Gasteiger partial charge in [-0.15, -0.1) is 0 Å². The van der Waals surface area contributed by atoms with E-state index in [9.17, 15) is 0 Å². The molecule has 0 aliphatic carbocycles. The van der Waals surface area contributed by atoms with Gasteiger partial charge in [-0.1, -0.05) is 30.3 Å². The second kappa shape index (κ2) is 5.43. The van der Waals surface area contributed by atoms with Gasteiger partial charge < -0.3 is 10.6 Å². The summed E-state index contributed by atoms with van der Waals surface area (Å²) in [6, 6.07) is 11.2. The fourth-order valence-electron chi connectivity index (χ4n) is 2.38. The van der Waals surface area contributed by atoms with Crippen molar-refractivity contribution in [2.24, 2.45) is 5.73 Å². The summed E-state index contributed by atoms with van der Waals surface area (Å²) in [7, 11) is 2.19. The van der Waals surface area contributed by atoms with Crippen LogP contribution in [0.5, 0.6) is 0 Å². The maximum atomic E-state index is 5.68. The second-order valence-corrected chi connectivity index (χ2v) is 4.51. The van der Waals surface area contributed by atoms with Gasteiger partial charge in [0.05, 0.1) is 0 Å². The maximum absolute atomic E-state index is 5.68. The van der Waals surface area contributed by atoms with E-state index in [4.69, 9.17) is 5.73 Å². The topological polar surface area (TPSA) is 32.5 Å². The Labute approximate surface area is 97.8 Å². The van der Waals surface area contributed by atoms with Crippen molar-refractivity contribution in [3.8, 4) is 0 Å². The van der Waals surface area contributed by atoms with Crippen LogP contribution in [-0.4, -0.2) is 49.6 Å². The van der Waals surface area contributed by atoms with Crippen molar-refractivity contribution in [2.75, 3.05) is 39.8 Å². The summed E-state index contributed by atoms with van der Waals surface area (Å²) in [5.41, 5.74) is 7.08. The summed E-state index contributed by atoms with van der Waals surface area (Å²) in [5, 5.41) is 0. The quantitative estimate of drug-likeness (QED) is 0.821. The molecule has 88 valence electrons. The molecule has 1 atom stereocenters. The highest BCUT2D eigenvalue weighted by Gasteiger charge is 2.25. The van der Waals surface area contributed by atoms with Gasteiger partial charge in [-0.2, -0.15) is 0 Å². The van der Waals surface area contributed by atoms with Crippen LogP contribution in [0.2, 0.25) is 0 Å². The fourth-order valence-corrected chi connectivity index (χ4v) is 2.38. The number of nitrogens with two attached hydrogens (primary N) is 1. The highest BCUT2D eigenvalue weighted by Crippen LogP contribution is 2.23. The van der Waals surface area contributed by atoms with Crippen LogP contribution in [0.3, 0.4) is 0 Å². The number of piperazine rings is 1. The lowest BCUT2D eigenvalue weighted by molar-refractivity contribution is 0.0928. The predicted molar refractivity (Wildman–Crippen MR) is 67.3 cm³/mol. The Morgan fingerprint density at radius 3 is 2.69 bits per heavy atom. The number of rotatable bonds is 3. The zero-order valence-electron chi connectivity index (χ0n) is 9.97. The molecule has 0 saturated carbocycles. The first kappa shape index (κ1) is 11.6. The zero-order valence-corrected chi connectivity index (χ0v) is 9.97. The Hall–Kier alpha value is -0.900. The largest absolute Gasteiger partial charge is 0.329 e. The summed E-state index contributed by atoms with van der Waals surface area (Å²) >= 11 is 0. The Bertz CT molecular complexity index is 312. The lowest BCUT2D eigenvalue weighted by Gasteiger charge is -2.40. The number of nitrogens with zero attached hydrogens (tertiary/aromatic N) is 2. The summed E-state index contributed by atoms with van der Waals surface area (Å²) in [4.78, 5) is 4.89. The van der Waals surface area contributed by atoms with Crippen molar-refractivity contribution in [1.29, 1.82) is 0 Å². The van der Waals surface area contributed by atoms with E-state index in [0.717, 1.165) is 32.7 Å². The minimum atomic E-state index is 0.503. The Kier molecular flexibility index (Phi) is 3.93. The zero-order chi connectivity index (χ0) is 11.4. The fraction of sp³-hybridized carbons (Fsp3) is 0.538. The van der Waals surface area contributed by atoms with Crippen LogP contribution < -0.4 is 5.73 Å². The average molecular weight is 219 g/mol. The standard InChI is InChI=1S/C13H21N3/c1-15-9-10-16(8-7-14)13(11-15)12-5-3-2-4-6-12/h2-6,13H,7-11,14H2,1H3/t13-/m1/s1. The van der Waals surface area contributed by atoms with E-state index in [2.05, 4.69) is 47.2 Å². The summed E-state index contributed by atoms with van der Waals surface area (Å²) < 4.78 is 0. The van der Waals surface area contributed by atoms with Crippen LogP contribution in [0.1, 0.15) is 11.6 Å². The molecule has 0 spiro atoms. The van der Waals surface area contributed by atoms with Gasteiger partial charge in [0.1, 0.15) is 0 Å². The van der Waals surface area contributed by atoms with Crippen LogP contribution in [0.15, 0.2) is 30.3 Å². The van der Waals surface area contributed by atoms with Crippen molar-refractivity contribution >= 4 is 0 Å². The molecule has 0 bridgehead atoms. The lowest BCUT2D eigenvalue weighted by Crippen LogP contribution is -2.48. The third-order valence-corrected chi connectivity index (χ3v) is 3.29. The lowest BCUT2D eigenvalue weighted by atomic mass is 10.0. The van der Waals surface area contributed by atoms with Gasteiger partial charge in [-0.05, 0) is 12.6 Å². The van der Waals surface area contributed by atoms with Gasteiger partial charge in [0.15, 0.2) is 0 Å². The van der Waals surface area contributed by atoms with Crippen molar-refractivity contribution in [3.05, 3.63) is 35.9 Å². The number of hydrogen-bond acceptors (Lipinski definition) is 3. The SMILES string of the molecule is CN1CCN(CCN)[C@@H](c2ccccc2)C1. The molecule has 1 aromatic carbocycles. The van der Waals surface area contributed by atoms with Crippen LogP contribution in [-0.2, 0) is 0 Å². The van der Waals surface area contributed by atoms with Crippen LogP contribution >= 0.6 is 0 Å². The first-order chi connectivity index (χ1) is 7.81. The molecule has 1 fully saturated rings. The monoisotopic (exact) mass is 219 g/mol. The van der Waals surface area contributed by atoms with E-state index >= 15 is 0 Å². The van der Waals surface area contributed by atoms with Crippen molar-refractivity contribution < 1.29 is 0 Å². The molecule has 1 heterocycles. The molecule has 3 heteroatoms. The molecule has 0 unspecified atom stereocenters. The number of hydrogen-bond donors (Lipinski definition) is 1. The number of benzene rings is 1. The molecule has 0 radical (unpaired) electrons. The first-order valence-corrected chi connectivity index (χ1v) is 5.99. The minimum Gasteiger partial charge on any atom is -0.329 e. The third-order valence-electron chi connectivity index (χ3n) is 3.29. The van der Waals surface area contributed by atoms with Crippen LogP contribution in [0.25, 0.3) is 0 Å². The van der Waals surface area contributed by atoms with Crippen LogP contribution in [0, 0.1) is 0 Å². The molecular weight excluding hydrogens is 198 g/mol. The maximum Gasteiger partial charge on any atom is 0.0476 e. The summed E-state index contributed by atoms with van der Waals surface area (Å²) in [6.07, 6.45) is 0. The molecule has 0 aromatic heterocycles. The van der Waals surface area contributed by atoms with Gasteiger partial charge in [0, 0.05) is 38.8 Å². The van der Waals surface area contributed by atoms with Gasteiger partial charge >= 0.3 is 0 Å². The van der Waals surface area contributed by atoms with Crippen molar-refractivity contribution in [1.82, 2.24) is 9.80 Å². The first-order valence-electron chi connectivity index (χ1n) is 5.99. The van der Waals surface area contributed by atoms with E-state index in [-0.39, 0.29) is 0 Å². The Balaban J connectivity index is 2.14. The highest BCUT2D eigenvalue weighted by atomic mass is 15.3. The van der Waals surface area contributed by atoms with Crippen molar-refractivity contribution in [3.63, 3.8) is 0 Å². The molecule has 1 aromatic rings. The Morgan fingerprint density at radius 2 is 2.00 bits per heavy atom. The average Bonchev–Trinajstić information content (AvgIpc) is 2.33. The Morgan fingerprint density at radius 1 is 1.25 bits per heavy atom. The predicted octanol–water partition coefficient (Wildman–Crippen LogP) is 0.934. The molecule has 3 nitrogen and oxygen atoms in total. The van der Waals surface area contributed by atoms with Crippen LogP contribution in [0.4, 0.5) is 0 Å². The highest BCUT2D eigenvalue weighted by molar-refractivity contribution is 5.20. The van der Waals surface area contributed by atoms with E-state index in [1.54, 1.807) is 0 Å². The smallest absolute Gasteiger partial charge is 0.0476 e. The molecule has 2 N–H and O–H groups in total. The number of likely N-dealkylation sites (N-methyl/N-ethyl adjacent to an activating group) is 1. The van der Waals surface area contributed by atoms with E-state index < -0.39 is 0 Å². The van der Waals surface area contributed by atoms with Gasteiger partial charge in [0.2, 0.25) is 0 Å². The third kappa shape index (κ3) is 2.61. The molecule has 1 aliphatic rings. The normalized spacial score (nSPS) is 23.5. The molecule has 1 aliphatic heterocycles. The molecular formula is C13H21N3. The second-order valence-electron chi connectivity index (χ2n) is 4.51. The molecule has 1 saturated heterocycles. The molecule has 16 heavy (non-hydrogen) atoms. The summed E-state index contributed by atoms with van der Waals surface area (Å²) in [5.74, 6) is 0. The summed E-state index contributed by atoms with van der Waals surface area (Å²) in [6.45, 7) is 5.10.